The van der Waals surface area contributed by atoms with Crippen LogP contribution in [0.1, 0.15) is 5.56 Å². The first-order chi connectivity index (χ1) is 10.8. The van der Waals surface area contributed by atoms with Gasteiger partial charge in [-0.2, -0.15) is 0 Å². The minimum atomic E-state index is 0.103. The topological polar surface area (TPSA) is 32.3 Å². The number of rotatable bonds is 2. The van der Waals surface area contributed by atoms with E-state index in [-0.39, 0.29) is 5.91 Å². The van der Waals surface area contributed by atoms with Gasteiger partial charge in [0.05, 0.1) is 24.5 Å². The zero-order valence-electron chi connectivity index (χ0n) is 12.1. The van der Waals surface area contributed by atoms with Crippen molar-refractivity contribution in [2.75, 3.05) is 16.8 Å². The highest BCUT2D eigenvalue weighted by molar-refractivity contribution is 6.03. The second-order valence-electron chi connectivity index (χ2n) is 5.49. The molecule has 22 heavy (non-hydrogen) atoms. The van der Waals surface area contributed by atoms with Crippen molar-refractivity contribution in [3.8, 4) is 0 Å². The summed E-state index contributed by atoms with van der Waals surface area (Å²) in [6, 6.07) is 22.5. The highest BCUT2D eigenvalue weighted by Gasteiger charge is 2.23. The predicted octanol–water partition coefficient (Wildman–Crippen LogP) is 3.80. The van der Waals surface area contributed by atoms with E-state index in [1.165, 1.54) is 16.3 Å². The van der Waals surface area contributed by atoms with Crippen molar-refractivity contribution in [1.82, 2.24) is 0 Å². The Kier molecular flexibility index (Phi) is 3.04. The third kappa shape index (κ3) is 2.11. The van der Waals surface area contributed by atoms with Crippen LogP contribution in [0, 0.1) is 0 Å². The van der Waals surface area contributed by atoms with Gasteiger partial charge in [-0.25, -0.2) is 0 Å². The Morgan fingerprint density at radius 2 is 1.68 bits per heavy atom. The maximum absolute atomic E-state index is 12.4. The minimum Gasteiger partial charge on any atom is -0.374 e. The molecule has 3 aromatic carbocycles. The van der Waals surface area contributed by atoms with Crippen molar-refractivity contribution in [2.24, 2.45) is 0 Å². The molecule has 0 spiro atoms. The molecule has 0 fully saturated rings. The Morgan fingerprint density at radius 3 is 2.64 bits per heavy atom. The second-order valence-corrected chi connectivity index (χ2v) is 5.49. The molecule has 0 unspecified atom stereocenters. The number of hydrogen-bond donors (Lipinski definition) is 1. The van der Waals surface area contributed by atoms with Gasteiger partial charge in [0.1, 0.15) is 0 Å². The van der Waals surface area contributed by atoms with Crippen LogP contribution in [-0.4, -0.2) is 12.5 Å². The molecular weight excluding hydrogens is 272 g/mol. The SMILES string of the molecule is O=C1CNc2ccccc2N1Cc1cccc2ccccc12. The van der Waals surface area contributed by atoms with E-state index in [0.717, 1.165) is 11.4 Å². The Bertz CT molecular complexity index is 851. The molecule has 4 rings (SSSR count). The first kappa shape index (κ1) is 12.9. The third-order valence-corrected chi connectivity index (χ3v) is 4.13. The van der Waals surface area contributed by atoms with E-state index in [1.54, 1.807) is 0 Å². The van der Waals surface area contributed by atoms with E-state index in [9.17, 15) is 4.79 Å². The monoisotopic (exact) mass is 288 g/mol. The van der Waals surface area contributed by atoms with Crippen LogP contribution in [-0.2, 0) is 11.3 Å². The van der Waals surface area contributed by atoms with Gasteiger partial charge in [0.2, 0.25) is 5.91 Å². The molecule has 1 amide bonds. The Morgan fingerprint density at radius 1 is 0.909 bits per heavy atom. The van der Waals surface area contributed by atoms with Crippen LogP contribution >= 0.6 is 0 Å². The molecule has 0 saturated carbocycles. The number of hydrogen-bond acceptors (Lipinski definition) is 2. The van der Waals surface area contributed by atoms with Crippen molar-refractivity contribution >= 4 is 28.1 Å². The van der Waals surface area contributed by atoms with Crippen molar-refractivity contribution in [3.05, 3.63) is 72.3 Å². The summed E-state index contributed by atoms with van der Waals surface area (Å²) >= 11 is 0. The Balaban J connectivity index is 1.78. The van der Waals surface area contributed by atoms with E-state index in [1.807, 2.05) is 41.3 Å². The summed E-state index contributed by atoms with van der Waals surface area (Å²) in [4.78, 5) is 14.2. The first-order valence-electron chi connectivity index (χ1n) is 7.43. The van der Waals surface area contributed by atoms with Crippen LogP contribution in [0.3, 0.4) is 0 Å². The molecule has 3 nitrogen and oxygen atoms in total. The quantitative estimate of drug-likeness (QED) is 0.778. The summed E-state index contributed by atoms with van der Waals surface area (Å²) in [7, 11) is 0. The summed E-state index contributed by atoms with van der Waals surface area (Å²) in [5.74, 6) is 0.103. The summed E-state index contributed by atoms with van der Waals surface area (Å²) in [5, 5.41) is 5.58. The van der Waals surface area contributed by atoms with Gasteiger partial charge in [-0.15, -0.1) is 0 Å². The molecule has 1 heterocycles. The largest absolute Gasteiger partial charge is 0.374 e. The van der Waals surface area contributed by atoms with Crippen LogP contribution < -0.4 is 10.2 Å². The lowest BCUT2D eigenvalue weighted by molar-refractivity contribution is -0.117. The number of para-hydroxylation sites is 2. The normalized spacial score (nSPS) is 13.8. The number of nitrogens with zero attached hydrogens (tertiary/aromatic N) is 1. The van der Waals surface area contributed by atoms with Crippen molar-refractivity contribution in [2.45, 2.75) is 6.54 Å². The zero-order chi connectivity index (χ0) is 14.9. The molecule has 1 N–H and O–H groups in total. The third-order valence-electron chi connectivity index (χ3n) is 4.13. The van der Waals surface area contributed by atoms with Gasteiger partial charge < -0.3 is 10.2 Å². The van der Waals surface area contributed by atoms with Gasteiger partial charge in [-0.1, -0.05) is 54.6 Å². The smallest absolute Gasteiger partial charge is 0.246 e. The minimum absolute atomic E-state index is 0.103. The van der Waals surface area contributed by atoms with Crippen LogP contribution in [0.5, 0.6) is 0 Å². The molecular formula is C19H16N2O. The standard InChI is InChI=1S/C19H16N2O/c22-19-12-20-17-10-3-4-11-18(17)21(19)13-15-8-5-7-14-6-1-2-9-16(14)15/h1-11,20H,12-13H2. The average Bonchev–Trinajstić information content (AvgIpc) is 2.58. The van der Waals surface area contributed by atoms with E-state index < -0.39 is 0 Å². The number of benzene rings is 3. The highest BCUT2D eigenvalue weighted by atomic mass is 16.2. The lowest BCUT2D eigenvalue weighted by Crippen LogP contribution is -2.39. The zero-order valence-corrected chi connectivity index (χ0v) is 12.1. The molecule has 1 aliphatic rings. The van der Waals surface area contributed by atoms with E-state index in [0.29, 0.717) is 13.1 Å². The van der Waals surface area contributed by atoms with E-state index in [4.69, 9.17) is 0 Å². The van der Waals surface area contributed by atoms with Crippen molar-refractivity contribution in [3.63, 3.8) is 0 Å². The van der Waals surface area contributed by atoms with Gasteiger partial charge >= 0.3 is 0 Å². The summed E-state index contributed by atoms with van der Waals surface area (Å²) in [5.41, 5.74) is 3.14. The van der Waals surface area contributed by atoms with Gasteiger partial charge in [0, 0.05) is 0 Å². The van der Waals surface area contributed by atoms with Crippen molar-refractivity contribution in [1.29, 1.82) is 0 Å². The Hall–Kier alpha value is -2.81. The van der Waals surface area contributed by atoms with Crippen LogP contribution in [0.15, 0.2) is 66.7 Å². The number of amides is 1. The van der Waals surface area contributed by atoms with Crippen molar-refractivity contribution < 1.29 is 4.79 Å². The summed E-state index contributed by atoms with van der Waals surface area (Å²) in [6.07, 6.45) is 0. The molecule has 108 valence electrons. The number of carbonyl (C=O) groups excluding carboxylic acids is 1. The molecule has 0 radical (unpaired) electrons. The maximum Gasteiger partial charge on any atom is 0.246 e. The molecule has 0 aromatic heterocycles. The fraction of sp³-hybridized carbons (Fsp3) is 0.105. The van der Waals surface area contributed by atoms with E-state index in [2.05, 4.69) is 35.6 Å². The molecule has 1 aliphatic heterocycles. The predicted molar refractivity (Wildman–Crippen MR) is 90.1 cm³/mol. The lowest BCUT2D eigenvalue weighted by atomic mass is 10.0. The second kappa shape index (κ2) is 5.19. The molecule has 3 heteroatoms. The van der Waals surface area contributed by atoms with Gasteiger partial charge in [-0.05, 0) is 28.5 Å². The van der Waals surface area contributed by atoms with Gasteiger partial charge in [0.15, 0.2) is 0 Å². The molecule has 3 aromatic rings. The van der Waals surface area contributed by atoms with Crippen LogP contribution in [0.4, 0.5) is 11.4 Å². The van der Waals surface area contributed by atoms with Gasteiger partial charge in [0.25, 0.3) is 0 Å². The van der Waals surface area contributed by atoms with Crippen LogP contribution in [0.25, 0.3) is 10.8 Å². The molecule has 0 bridgehead atoms. The lowest BCUT2D eigenvalue weighted by Gasteiger charge is -2.30. The molecule has 0 atom stereocenters. The molecule has 0 saturated heterocycles. The fourth-order valence-corrected chi connectivity index (χ4v) is 3.03. The summed E-state index contributed by atoms with van der Waals surface area (Å²) < 4.78 is 0. The number of fused-ring (bicyclic) bond motifs is 2. The number of nitrogens with one attached hydrogen (secondary N) is 1. The number of carbonyl (C=O) groups is 1. The van der Waals surface area contributed by atoms with Gasteiger partial charge in [-0.3, -0.25) is 4.79 Å². The fourth-order valence-electron chi connectivity index (χ4n) is 3.03. The maximum atomic E-state index is 12.4. The summed E-state index contributed by atoms with van der Waals surface area (Å²) in [6.45, 7) is 0.945. The Labute approximate surface area is 129 Å². The number of anilines is 2. The molecule has 0 aliphatic carbocycles. The average molecular weight is 288 g/mol. The van der Waals surface area contributed by atoms with E-state index >= 15 is 0 Å². The first-order valence-corrected chi connectivity index (χ1v) is 7.43. The van der Waals surface area contributed by atoms with Crippen LogP contribution in [0.2, 0.25) is 0 Å². The highest BCUT2D eigenvalue weighted by Crippen LogP contribution is 2.31.